The summed E-state index contributed by atoms with van der Waals surface area (Å²) in [6, 6.07) is 27.0. The van der Waals surface area contributed by atoms with E-state index in [1.54, 1.807) is 23.7 Å². The summed E-state index contributed by atoms with van der Waals surface area (Å²) in [5.74, 6) is 2.10. The molecule has 0 amide bonds. The second-order valence-electron chi connectivity index (χ2n) is 14.2. The van der Waals surface area contributed by atoms with Crippen molar-refractivity contribution in [1.82, 2.24) is 25.1 Å². The Bertz CT molecular complexity index is 2350. The fraction of sp³-hybridized carbons (Fsp3) is 0.273. The average Bonchev–Trinajstić information content (AvgIpc) is 3.83. The molecule has 9 heteroatoms. The van der Waals surface area contributed by atoms with Gasteiger partial charge in [-0.1, -0.05) is 108 Å². The zero-order valence-electron chi connectivity index (χ0n) is 31.5. The van der Waals surface area contributed by atoms with Crippen LogP contribution in [-0.4, -0.2) is 25.1 Å². The van der Waals surface area contributed by atoms with Gasteiger partial charge in [0.2, 0.25) is 0 Å². The number of halogens is 3. The number of aromatic nitrogens is 5. The van der Waals surface area contributed by atoms with Crippen molar-refractivity contribution in [3.8, 4) is 0 Å². The van der Waals surface area contributed by atoms with Crippen LogP contribution in [0.25, 0.3) is 42.9 Å². The highest BCUT2D eigenvalue weighted by molar-refractivity contribution is 7.16. The summed E-state index contributed by atoms with van der Waals surface area (Å²) < 4.78 is 1.18. The van der Waals surface area contributed by atoms with Crippen molar-refractivity contribution in [2.75, 3.05) is 0 Å². The summed E-state index contributed by atoms with van der Waals surface area (Å²) in [6.45, 7) is 17.4. The maximum Gasteiger partial charge on any atom is 0.0998 e. The van der Waals surface area contributed by atoms with Crippen LogP contribution in [0.3, 0.4) is 0 Å². The summed E-state index contributed by atoms with van der Waals surface area (Å²) in [5, 5.41) is 12.5. The first-order valence-electron chi connectivity index (χ1n) is 17.9. The fourth-order valence-electron chi connectivity index (χ4n) is 5.60. The highest BCUT2D eigenvalue weighted by Crippen LogP contribution is 2.31. The normalized spacial score (nSPS) is 11.2. The quantitative estimate of drug-likeness (QED) is 0.193. The number of nitrogens with one attached hydrogen (secondary N) is 1. The highest BCUT2D eigenvalue weighted by atomic mass is 35.5. The van der Waals surface area contributed by atoms with E-state index in [0.717, 1.165) is 47.9 Å². The van der Waals surface area contributed by atoms with Crippen molar-refractivity contribution in [3.63, 3.8) is 0 Å². The minimum absolute atomic E-state index is 0.497. The molecule has 0 aliphatic rings. The molecule has 0 spiro atoms. The lowest BCUT2D eigenvalue weighted by atomic mass is 10.0. The van der Waals surface area contributed by atoms with E-state index in [0.29, 0.717) is 23.7 Å². The number of benzene rings is 4. The topological polar surface area (TPSA) is 67.3 Å². The Labute approximate surface area is 331 Å². The van der Waals surface area contributed by atoms with Crippen LogP contribution in [0.15, 0.2) is 103 Å². The first-order valence-corrected chi connectivity index (χ1v) is 19.9. The lowest BCUT2D eigenvalue weighted by molar-refractivity contribution is 0.868. The van der Waals surface area contributed by atoms with Gasteiger partial charge in [-0.15, -0.1) is 11.3 Å². The fourth-order valence-corrected chi connectivity index (χ4v) is 7.25. The van der Waals surface area contributed by atoms with Gasteiger partial charge >= 0.3 is 0 Å². The molecule has 53 heavy (non-hydrogen) atoms. The van der Waals surface area contributed by atoms with Crippen molar-refractivity contribution in [3.05, 3.63) is 140 Å². The van der Waals surface area contributed by atoms with Gasteiger partial charge in [-0.25, -0.2) is 4.98 Å². The Morgan fingerprint density at radius 3 is 1.74 bits per heavy atom. The van der Waals surface area contributed by atoms with Gasteiger partial charge in [0.15, 0.2) is 0 Å². The number of hydrogen-bond donors (Lipinski definition) is 1. The molecule has 0 saturated heterocycles. The van der Waals surface area contributed by atoms with Crippen LogP contribution in [0.1, 0.15) is 101 Å². The molecule has 0 saturated carbocycles. The minimum atomic E-state index is 0.497. The molecule has 0 bridgehead atoms. The van der Waals surface area contributed by atoms with E-state index in [2.05, 4.69) is 123 Å². The third-order valence-corrected chi connectivity index (χ3v) is 10.6. The summed E-state index contributed by atoms with van der Waals surface area (Å²) in [4.78, 5) is 12.7. The Morgan fingerprint density at radius 1 is 0.528 bits per heavy atom. The van der Waals surface area contributed by atoms with Gasteiger partial charge in [0.25, 0.3) is 0 Å². The van der Waals surface area contributed by atoms with Crippen molar-refractivity contribution in [2.24, 2.45) is 0 Å². The molecule has 0 radical (unpaired) electrons. The van der Waals surface area contributed by atoms with Gasteiger partial charge in [-0.3, -0.25) is 15.1 Å². The molecule has 8 aromatic rings. The smallest absolute Gasteiger partial charge is 0.0998 e. The van der Waals surface area contributed by atoms with Crippen molar-refractivity contribution in [1.29, 1.82) is 0 Å². The number of H-pyrrole nitrogens is 1. The predicted molar refractivity (Wildman–Crippen MR) is 231 cm³/mol. The van der Waals surface area contributed by atoms with E-state index in [4.69, 9.17) is 34.8 Å². The van der Waals surface area contributed by atoms with Gasteiger partial charge in [0.05, 0.1) is 53.5 Å². The second kappa shape index (κ2) is 18.3. The molecule has 1 N–H and O–H groups in total. The van der Waals surface area contributed by atoms with Gasteiger partial charge in [0.1, 0.15) is 0 Å². The van der Waals surface area contributed by atoms with E-state index in [-0.39, 0.29) is 0 Å². The molecular formula is C44H46Cl3N5S. The summed E-state index contributed by atoms with van der Waals surface area (Å²) >= 11 is 19.9. The molecule has 0 fully saturated rings. The summed E-state index contributed by atoms with van der Waals surface area (Å²) in [7, 11) is 0. The number of hydrogen-bond acceptors (Lipinski definition) is 5. The first-order chi connectivity index (χ1) is 25.3. The zero-order valence-corrected chi connectivity index (χ0v) is 34.5. The van der Waals surface area contributed by atoms with E-state index < -0.39 is 0 Å². The van der Waals surface area contributed by atoms with Crippen molar-refractivity contribution < 1.29 is 0 Å². The number of thiazole rings is 1. The van der Waals surface area contributed by atoms with Crippen LogP contribution in [0.2, 0.25) is 15.1 Å². The standard InChI is InChI=1S/C12H12ClN.C12H13N.C10H11ClN2.C10H10ClNS/c1-8(2)10-6-9-4-3-5-14-12(9)11(13)7-10;1-9(2)10-5-6-12-11(8-10)4-3-7-13-12;1-6(2)7-3-8-5-12-13-10(8)9(11)4-7;1-6(2)7-3-8(11)10-9(4-7)13-5-12-10/h3-8H,1-2H3;3-9H,1-2H3;3-6H,1-2H3,(H,12,13);3-6H,1-2H3. The number of fused-ring (bicyclic) bond motifs is 4. The molecule has 4 aromatic carbocycles. The average molecular weight is 783 g/mol. The molecule has 0 unspecified atom stereocenters. The maximum atomic E-state index is 6.14. The van der Waals surface area contributed by atoms with Crippen LogP contribution in [-0.2, 0) is 0 Å². The Morgan fingerprint density at radius 2 is 1.08 bits per heavy atom. The predicted octanol–water partition coefficient (Wildman–Crippen LogP) is 14.8. The van der Waals surface area contributed by atoms with Crippen LogP contribution in [0.5, 0.6) is 0 Å². The highest BCUT2D eigenvalue weighted by Gasteiger charge is 2.08. The van der Waals surface area contributed by atoms with Crippen LogP contribution in [0, 0.1) is 0 Å². The van der Waals surface area contributed by atoms with E-state index in [9.17, 15) is 0 Å². The largest absolute Gasteiger partial charge is 0.276 e. The monoisotopic (exact) mass is 781 g/mol. The summed E-state index contributed by atoms with van der Waals surface area (Å²) in [5.41, 5.74) is 10.8. The molecule has 5 nitrogen and oxygen atoms in total. The lowest BCUT2D eigenvalue weighted by Crippen LogP contribution is -1.88. The third kappa shape index (κ3) is 10.3. The number of pyridine rings is 2. The Balaban J connectivity index is 0.000000136. The molecule has 4 aromatic heterocycles. The van der Waals surface area contributed by atoms with Crippen LogP contribution in [0.4, 0.5) is 0 Å². The van der Waals surface area contributed by atoms with E-state index >= 15 is 0 Å². The van der Waals surface area contributed by atoms with Crippen LogP contribution >= 0.6 is 46.1 Å². The molecule has 0 aliphatic carbocycles. The first kappa shape index (κ1) is 40.1. The maximum absolute atomic E-state index is 6.14. The number of aromatic amines is 1. The van der Waals surface area contributed by atoms with Crippen molar-refractivity contribution in [2.45, 2.75) is 79.1 Å². The Kier molecular flexibility index (Phi) is 13.9. The molecule has 0 aliphatic heterocycles. The molecule has 4 heterocycles. The second-order valence-corrected chi connectivity index (χ2v) is 16.3. The summed E-state index contributed by atoms with van der Waals surface area (Å²) in [6.07, 6.45) is 5.40. The lowest BCUT2D eigenvalue weighted by Gasteiger charge is -2.07. The minimum Gasteiger partial charge on any atom is -0.276 e. The Hall–Kier alpha value is -4.07. The number of nitrogens with zero attached hydrogens (tertiary/aromatic N) is 4. The molecular weight excluding hydrogens is 737 g/mol. The molecule has 0 atom stereocenters. The van der Waals surface area contributed by atoms with E-state index in [1.807, 2.05) is 48.1 Å². The van der Waals surface area contributed by atoms with Gasteiger partial charge in [-0.2, -0.15) is 5.10 Å². The van der Waals surface area contributed by atoms with Crippen LogP contribution < -0.4 is 0 Å². The van der Waals surface area contributed by atoms with Gasteiger partial charge < -0.3 is 0 Å². The SMILES string of the molecule is CC(C)c1cc(Cl)c2[nH]ncc2c1.CC(C)c1cc(Cl)c2ncccc2c1.CC(C)c1cc(Cl)c2ncsc2c1.CC(C)c1ccc2ncccc2c1. The third-order valence-electron chi connectivity index (χ3n) is 8.91. The van der Waals surface area contributed by atoms with Gasteiger partial charge in [0, 0.05) is 28.6 Å². The molecule has 274 valence electrons. The number of rotatable bonds is 4. The molecule has 8 rings (SSSR count). The zero-order chi connectivity index (χ0) is 38.2. The van der Waals surface area contributed by atoms with Gasteiger partial charge in [-0.05, 0) is 107 Å². The van der Waals surface area contributed by atoms with E-state index in [1.165, 1.54) is 32.3 Å². The van der Waals surface area contributed by atoms with Crippen molar-refractivity contribution >= 4 is 89.1 Å².